The van der Waals surface area contributed by atoms with Gasteiger partial charge in [-0.1, -0.05) is 13.8 Å². The maximum atomic E-state index is 11.6. The molecule has 2 aliphatic rings. The molecule has 15 heavy (non-hydrogen) atoms. The van der Waals surface area contributed by atoms with Crippen LogP contribution in [0.2, 0.25) is 0 Å². The van der Waals surface area contributed by atoms with Crippen LogP contribution in [-0.2, 0) is 4.79 Å². The molecule has 0 atom stereocenters. The number of hydrogen-bond donors (Lipinski definition) is 1. The molecule has 0 saturated carbocycles. The van der Waals surface area contributed by atoms with Crippen molar-refractivity contribution in [1.82, 2.24) is 4.90 Å². The van der Waals surface area contributed by atoms with E-state index in [1.54, 1.807) is 0 Å². The molecule has 1 heterocycles. The molecule has 1 saturated heterocycles. The fourth-order valence-electron chi connectivity index (χ4n) is 2.55. The Balaban J connectivity index is 2.10. The standard InChI is InChI=1S/C12H20N2O/c1-12(2)8-10(7-11(15)9-12)14-5-3-13-4-6-14/h7,13H,3-6,8-9H2,1-2H3/p+1. The highest BCUT2D eigenvalue weighted by atomic mass is 16.1. The van der Waals surface area contributed by atoms with Gasteiger partial charge in [-0.25, -0.2) is 0 Å². The van der Waals surface area contributed by atoms with Crippen molar-refractivity contribution in [3.63, 3.8) is 0 Å². The van der Waals surface area contributed by atoms with Gasteiger partial charge in [0.1, 0.15) is 0 Å². The van der Waals surface area contributed by atoms with Crippen LogP contribution in [0, 0.1) is 5.41 Å². The summed E-state index contributed by atoms with van der Waals surface area (Å²) in [4.78, 5) is 14.0. The van der Waals surface area contributed by atoms with Crippen molar-refractivity contribution in [1.29, 1.82) is 0 Å². The molecule has 0 aromatic heterocycles. The van der Waals surface area contributed by atoms with Gasteiger partial charge in [0.15, 0.2) is 5.78 Å². The van der Waals surface area contributed by atoms with Gasteiger partial charge in [-0.05, 0) is 11.8 Å². The van der Waals surface area contributed by atoms with E-state index in [-0.39, 0.29) is 5.41 Å². The summed E-state index contributed by atoms with van der Waals surface area (Å²) in [7, 11) is 0. The molecular formula is C12H21N2O+. The van der Waals surface area contributed by atoms with Crippen LogP contribution in [0.15, 0.2) is 11.8 Å². The Labute approximate surface area is 91.5 Å². The topological polar surface area (TPSA) is 36.9 Å². The third kappa shape index (κ3) is 2.59. The molecule has 2 rings (SSSR count). The second-order valence-electron chi connectivity index (χ2n) is 5.47. The average Bonchev–Trinajstić information content (AvgIpc) is 2.16. The quantitative estimate of drug-likeness (QED) is 0.667. The highest BCUT2D eigenvalue weighted by molar-refractivity contribution is 5.91. The van der Waals surface area contributed by atoms with Gasteiger partial charge in [0.2, 0.25) is 0 Å². The molecular weight excluding hydrogens is 188 g/mol. The number of piperazine rings is 1. The minimum Gasteiger partial charge on any atom is -0.363 e. The zero-order chi connectivity index (χ0) is 10.9. The third-order valence-corrected chi connectivity index (χ3v) is 3.25. The van der Waals surface area contributed by atoms with Crippen LogP contribution < -0.4 is 5.32 Å². The Morgan fingerprint density at radius 2 is 1.93 bits per heavy atom. The van der Waals surface area contributed by atoms with Crippen molar-refractivity contribution in [2.75, 3.05) is 26.2 Å². The number of ketones is 1. The van der Waals surface area contributed by atoms with Crippen molar-refractivity contribution in [2.45, 2.75) is 26.7 Å². The molecule has 0 bridgehead atoms. The lowest BCUT2D eigenvalue weighted by atomic mass is 9.78. The molecule has 84 valence electrons. The van der Waals surface area contributed by atoms with E-state index in [0.717, 1.165) is 32.6 Å². The second-order valence-corrected chi connectivity index (χ2v) is 5.47. The number of nitrogens with two attached hydrogens (primary N) is 1. The first-order valence-electron chi connectivity index (χ1n) is 5.87. The molecule has 1 aliphatic heterocycles. The van der Waals surface area contributed by atoms with Crippen molar-refractivity contribution < 1.29 is 10.1 Å². The molecule has 3 heteroatoms. The van der Waals surface area contributed by atoms with E-state index >= 15 is 0 Å². The van der Waals surface area contributed by atoms with E-state index in [4.69, 9.17) is 0 Å². The summed E-state index contributed by atoms with van der Waals surface area (Å²) >= 11 is 0. The predicted molar refractivity (Wildman–Crippen MR) is 59.3 cm³/mol. The van der Waals surface area contributed by atoms with Crippen LogP contribution in [0.4, 0.5) is 0 Å². The van der Waals surface area contributed by atoms with E-state index < -0.39 is 0 Å². The maximum absolute atomic E-state index is 11.6. The molecule has 3 nitrogen and oxygen atoms in total. The van der Waals surface area contributed by atoms with Gasteiger partial charge >= 0.3 is 0 Å². The van der Waals surface area contributed by atoms with E-state index in [0.29, 0.717) is 12.2 Å². The van der Waals surface area contributed by atoms with Crippen LogP contribution in [0.5, 0.6) is 0 Å². The van der Waals surface area contributed by atoms with E-state index in [1.807, 2.05) is 6.08 Å². The first kappa shape index (κ1) is 10.7. The zero-order valence-electron chi connectivity index (χ0n) is 9.75. The minimum absolute atomic E-state index is 0.155. The summed E-state index contributed by atoms with van der Waals surface area (Å²) in [5.41, 5.74) is 1.42. The fourth-order valence-corrected chi connectivity index (χ4v) is 2.55. The smallest absolute Gasteiger partial charge is 0.157 e. The molecule has 0 aromatic rings. The maximum Gasteiger partial charge on any atom is 0.157 e. The summed E-state index contributed by atoms with van der Waals surface area (Å²) < 4.78 is 0. The number of hydrogen-bond acceptors (Lipinski definition) is 2. The van der Waals surface area contributed by atoms with Gasteiger partial charge in [0, 0.05) is 18.2 Å². The normalized spacial score (nSPS) is 26.4. The van der Waals surface area contributed by atoms with Gasteiger partial charge in [0.25, 0.3) is 0 Å². The van der Waals surface area contributed by atoms with Gasteiger partial charge in [-0.15, -0.1) is 0 Å². The Hall–Kier alpha value is -0.830. The van der Waals surface area contributed by atoms with Crippen LogP contribution in [0.3, 0.4) is 0 Å². The van der Waals surface area contributed by atoms with Crippen molar-refractivity contribution in [2.24, 2.45) is 5.41 Å². The second kappa shape index (κ2) is 3.97. The third-order valence-electron chi connectivity index (χ3n) is 3.25. The van der Waals surface area contributed by atoms with Crippen LogP contribution >= 0.6 is 0 Å². The SMILES string of the molecule is CC1(C)CC(=O)C=C(N2CC[NH2+]CC2)C1. The number of carbonyl (C=O) groups excluding carboxylic acids is 1. The highest BCUT2D eigenvalue weighted by Crippen LogP contribution is 2.34. The van der Waals surface area contributed by atoms with Crippen LogP contribution in [-0.4, -0.2) is 36.9 Å². The predicted octanol–water partition coefficient (Wildman–Crippen LogP) is 0.138. The van der Waals surface area contributed by atoms with Gasteiger partial charge < -0.3 is 10.2 Å². The van der Waals surface area contributed by atoms with E-state index in [2.05, 4.69) is 24.1 Å². The van der Waals surface area contributed by atoms with Crippen molar-refractivity contribution in [3.8, 4) is 0 Å². The number of allylic oxidation sites excluding steroid dienone is 2. The molecule has 1 fully saturated rings. The molecule has 2 N–H and O–H groups in total. The van der Waals surface area contributed by atoms with Crippen LogP contribution in [0.1, 0.15) is 26.7 Å². The molecule has 0 aromatic carbocycles. The summed E-state index contributed by atoms with van der Waals surface area (Å²) in [6.45, 7) is 8.88. The fraction of sp³-hybridized carbons (Fsp3) is 0.750. The van der Waals surface area contributed by atoms with Gasteiger partial charge in [-0.2, -0.15) is 0 Å². The highest BCUT2D eigenvalue weighted by Gasteiger charge is 2.30. The van der Waals surface area contributed by atoms with E-state index in [1.165, 1.54) is 5.70 Å². The molecule has 0 spiro atoms. The Morgan fingerprint density at radius 1 is 1.27 bits per heavy atom. The van der Waals surface area contributed by atoms with Crippen molar-refractivity contribution in [3.05, 3.63) is 11.8 Å². The Bertz CT molecular complexity index is 288. The number of nitrogens with zero attached hydrogens (tertiary/aromatic N) is 1. The first-order valence-corrected chi connectivity index (χ1v) is 5.87. The Kier molecular flexibility index (Phi) is 2.83. The lowest BCUT2D eigenvalue weighted by Crippen LogP contribution is -2.89. The monoisotopic (exact) mass is 209 g/mol. The number of carbonyl (C=O) groups is 1. The van der Waals surface area contributed by atoms with Crippen molar-refractivity contribution >= 4 is 5.78 Å². The number of rotatable bonds is 1. The van der Waals surface area contributed by atoms with Gasteiger partial charge in [-0.3, -0.25) is 4.79 Å². The molecule has 0 radical (unpaired) electrons. The lowest BCUT2D eigenvalue weighted by Gasteiger charge is -2.36. The lowest BCUT2D eigenvalue weighted by molar-refractivity contribution is -0.662. The molecule has 0 unspecified atom stereocenters. The summed E-state index contributed by atoms with van der Waals surface area (Å²) in [6.07, 6.45) is 3.63. The Morgan fingerprint density at radius 3 is 2.53 bits per heavy atom. The first-order chi connectivity index (χ1) is 7.07. The van der Waals surface area contributed by atoms with Gasteiger partial charge in [0.05, 0.1) is 26.2 Å². The summed E-state index contributed by atoms with van der Waals surface area (Å²) in [5.74, 6) is 0.302. The average molecular weight is 209 g/mol. The summed E-state index contributed by atoms with van der Waals surface area (Å²) in [5, 5.41) is 2.34. The summed E-state index contributed by atoms with van der Waals surface area (Å²) in [6, 6.07) is 0. The van der Waals surface area contributed by atoms with Crippen LogP contribution in [0.25, 0.3) is 0 Å². The van der Waals surface area contributed by atoms with E-state index in [9.17, 15) is 4.79 Å². The zero-order valence-corrected chi connectivity index (χ0v) is 9.75. The minimum atomic E-state index is 0.155. The molecule has 1 aliphatic carbocycles. The number of quaternary nitrogens is 1. The molecule has 0 amide bonds. The largest absolute Gasteiger partial charge is 0.363 e.